The van der Waals surface area contributed by atoms with E-state index < -0.39 is 84.7 Å². The first-order valence-electron chi connectivity index (χ1n) is 11.0. The van der Waals surface area contributed by atoms with E-state index in [2.05, 4.69) is 0 Å². The average Bonchev–Trinajstić information content (AvgIpc) is 3.25. The van der Waals surface area contributed by atoms with Gasteiger partial charge in [-0.25, -0.2) is 0 Å². The molecule has 5 heterocycles. The second kappa shape index (κ2) is 7.05. The summed E-state index contributed by atoms with van der Waals surface area (Å²) < 4.78 is 48.1. The van der Waals surface area contributed by atoms with Crippen molar-refractivity contribution in [1.29, 1.82) is 0 Å². The summed E-state index contributed by atoms with van der Waals surface area (Å²) in [6.45, 7) is 12.6. The molecule has 178 valence electrons. The van der Waals surface area contributed by atoms with Crippen molar-refractivity contribution in [2.24, 2.45) is 0 Å². The van der Waals surface area contributed by atoms with Crippen molar-refractivity contribution in [3.8, 4) is 0 Å². The molecule has 0 bridgehead atoms. The SMILES string of the molecule is C[C@@H]1O[C@@H](C(O)[C@H]2O[C@@H]3OC(C)(C)O[C@@H]3[C@H]3OC(C)(C)O[C@H]32)[C@@H](O)[C@@H]2OC(C)(C)O[C@@H]21. The van der Waals surface area contributed by atoms with Crippen LogP contribution in [0, 0.1) is 0 Å². The van der Waals surface area contributed by atoms with Crippen LogP contribution in [-0.2, 0) is 37.9 Å². The van der Waals surface area contributed by atoms with Crippen molar-refractivity contribution < 1.29 is 48.1 Å². The second-order valence-corrected chi connectivity index (χ2v) is 10.5. The zero-order chi connectivity index (χ0) is 22.5. The third-order valence-corrected chi connectivity index (χ3v) is 6.54. The topological polar surface area (TPSA) is 114 Å². The number of rotatable bonds is 2. The second-order valence-electron chi connectivity index (χ2n) is 10.5. The van der Waals surface area contributed by atoms with Gasteiger partial charge >= 0.3 is 0 Å². The predicted octanol–water partition coefficient (Wildman–Crippen LogP) is 0.412. The van der Waals surface area contributed by atoms with Gasteiger partial charge in [-0.15, -0.1) is 0 Å². The van der Waals surface area contributed by atoms with Crippen LogP contribution in [0.3, 0.4) is 0 Å². The molecular formula is C21H34O10. The summed E-state index contributed by atoms with van der Waals surface area (Å²) in [6.07, 6.45) is -8.05. The van der Waals surface area contributed by atoms with Crippen LogP contribution in [0.15, 0.2) is 0 Å². The number of hydrogen-bond acceptors (Lipinski definition) is 10. The van der Waals surface area contributed by atoms with Gasteiger partial charge in [0, 0.05) is 0 Å². The Morgan fingerprint density at radius 1 is 0.613 bits per heavy atom. The number of ether oxygens (including phenoxy) is 8. The van der Waals surface area contributed by atoms with E-state index >= 15 is 0 Å². The van der Waals surface area contributed by atoms with Crippen LogP contribution >= 0.6 is 0 Å². The number of aliphatic hydroxyl groups excluding tert-OH is 2. The minimum atomic E-state index is -1.23. The molecule has 5 rings (SSSR count). The monoisotopic (exact) mass is 446 g/mol. The Bertz CT molecular complexity index is 710. The molecule has 5 fully saturated rings. The Balaban J connectivity index is 1.40. The van der Waals surface area contributed by atoms with Crippen molar-refractivity contribution in [3.63, 3.8) is 0 Å². The van der Waals surface area contributed by atoms with Crippen molar-refractivity contribution >= 4 is 0 Å². The van der Waals surface area contributed by atoms with Gasteiger partial charge in [-0.2, -0.15) is 0 Å². The largest absolute Gasteiger partial charge is 0.387 e. The summed E-state index contributed by atoms with van der Waals surface area (Å²) in [7, 11) is 0. The van der Waals surface area contributed by atoms with Crippen molar-refractivity contribution in [2.45, 2.75) is 133 Å². The maximum absolute atomic E-state index is 11.4. The van der Waals surface area contributed by atoms with Gasteiger partial charge in [-0.05, 0) is 48.5 Å². The van der Waals surface area contributed by atoms with Gasteiger partial charge in [0.1, 0.15) is 54.9 Å². The summed E-state index contributed by atoms with van der Waals surface area (Å²) in [5.41, 5.74) is 0. The van der Waals surface area contributed by atoms with Gasteiger partial charge in [0.05, 0.1) is 6.10 Å². The fraction of sp³-hybridized carbons (Fsp3) is 1.00. The van der Waals surface area contributed by atoms with E-state index in [1.165, 1.54) is 0 Å². The molecule has 0 saturated carbocycles. The van der Waals surface area contributed by atoms with Gasteiger partial charge in [0.15, 0.2) is 23.7 Å². The quantitative estimate of drug-likeness (QED) is 0.618. The molecule has 2 N–H and O–H groups in total. The Hall–Kier alpha value is -0.400. The van der Waals surface area contributed by atoms with Gasteiger partial charge in [-0.1, -0.05) is 0 Å². The molecule has 5 aliphatic rings. The normalized spacial score (nSPS) is 52.9. The molecule has 1 unspecified atom stereocenters. The Labute approximate surface area is 182 Å². The fourth-order valence-corrected chi connectivity index (χ4v) is 5.42. The predicted molar refractivity (Wildman–Crippen MR) is 103 cm³/mol. The maximum atomic E-state index is 11.4. The lowest BCUT2D eigenvalue weighted by atomic mass is 9.87. The summed E-state index contributed by atoms with van der Waals surface area (Å²) in [4.78, 5) is 0. The minimum Gasteiger partial charge on any atom is -0.387 e. The molecule has 5 aliphatic heterocycles. The van der Waals surface area contributed by atoms with Crippen LogP contribution in [0.2, 0.25) is 0 Å². The molecule has 0 aromatic heterocycles. The van der Waals surface area contributed by atoms with Crippen LogP contribution in [0.4, 0.5) is 0 Å². The van der Waals surface area contributed by atoms with E-state index in [9.17, 15) is 10.2 Å². The maximum Gasteiger partial charge on any atom is 0.190 e. The highest BCUT2D eigenvalue weighted by molar-refractivity contribution is 5.06. The van der Waals surface area contributed by atoms with E-state index in [-0.39, 0.29) is 0 Å². The highest BCUT2D eigenvalue weighted by Crippen LogP contribution is 2.46. The number of aliphatic hydroxyl groups is 2. The molecule has 0 aliphatic carbocycles. The van der Waals surface area contributed by atoms with Crippen molar-refractivity contribution in [3.05, 3.63) is 0 Å². The van der Waals surface area contributed by atoms with Crippen LogP contribution in [0.5, 0.6) is 0 Å². The highest BCUT2D eigenvalue weighted by Gasteiger charge is 2.64. The van der Waals surface area contributed by atoms with Gasteiger partial charge in [-0.3, -0.25) is 0 Å². The molecule has 0 spiro atoms. The van der Waals surface area contributed by atoms with Crippen LogP contribution < -0.4 is 0 Å². The van der Waals surface area contributed by atoms with Crippen molar-refractivity contribution in [1.82, 2.24) is 0 Å². The van der Waals surface area contributed by atoms with Gasteiger partial charge < -0.3 is 48.1 Å². The number of hydrogen-bond donors (Lipinski definition) is 2. The molecule has 5 saturated heterocycles. The zero-order valence-electron chi connectivity index (χ0n) is 19.0. The molecule has 10 nitrogen and oxygen atoms in total. The third-order valence-electron chi connectivity index (χ3n) is 6.54. The number of fused-ring (bicyclic) bond motifs is 4. The zero-order valence-corrected chi connectivity index (χ0v) is 19.0. The molecular weight excluding hydrogens is 412 g/mol. The van der Waals surface area contributed by atoms with Crippen LogP contribution in [0.1, 0.15) is 48.5 Å². The van der Waals surface area contributed by atoms with E-state index in [4.69, 9.17) is 37.9 Å². The van der Waals surface area contributed by atoms with Crippen LogP contribution in [0.25, 0.3) is 0 Å². The average molecular weight is 446 g/mol. The molecule has 11 atom stereocenters. The van der Waals surface area contributed by atoms with Crippen LogP contribution in [-0.4, -0.2) is 94.9 Å². The standard InChI is InChI=1S/C21H34O10/c1-8-11-14(27-19(2,3)26-11)10(23)12(24-8)9(22)13-15-16(29-20(4,5)28-15)17-18(25-13)31-21(6,7)30-17/h8-18,22-23H,1-7H3/t8-,9?,10+,11+,12-,13+,14-,15-,16-,17+,18+/m0/s1. The van der Waals surface area contributed by atoms with Gasteiger partial charge in [0.2, 0.25) is 0 Å². The lowest BCUT2D eigenvalue weighted by molar-refractivity contribution is -0.283. The molecule has 10 heteroatoms. The van der Waals surface area contributed by atoms with E-state index in [1.54, 1.807) is 41.5 Å². The smallest absolute Gasteiger partial charge is 0.190 e. The van der Waals surface area contributed by atoms with E-state index in [1.807, 2.05) is 6.92 Å². The molecule has 0 aromatic carbocycles. The molecule has 31 heavy (non-hydrogen) atoms. The summed E-state index contributed by atoms with van der Waals surface area (Å²) in [5.74, 6) is -2.60. The Morgan fingerprint density at radius 3 is 1.81 bits per heavy atom. The Morgan fingerprint density at radius 2 is 1.13 bits per heavy atom. The third kappa shape index (κ3) is 3.74. The van der Waals surface area contributed by atoms with E-state index in [0.29, 0.717) is 0 Å². The first-order valence-corrected chi connectivity index (χ1v) is 11.0. The molecule has 0 aromatic rings. The van der Waals surface area contributed by atoms with Crippen molar-refractivity contribution in [2.75, 3.05) is 0 Å². The van der Waals surface area contributed by atoms with Gasteiger partial charge in [0.25, 0.3) is 0 Å². The minimum absolute atomic E-state index is 0.399. The molecule has 0 amide bonds. The molecule has 0 radical (unpaired) electrons. The fourth-order valence-electron chi connectivity index (χ4n) is 5.42. The summed E-state index contributed by atoms with van der Waals surface area (Å²) in [6, 6.07) is 0. The summed E-state index contributed by atoms with van der Waals surface area (Å²) >= 11 is 0. The lowest BCUT2D eigenvalue weighted by Crippen LogP contribution is -2.65. The first-order chi connectivity index (χ1) is 14.3. The summed E-state index contributed by atoms with van der Waals surface area (Å²) in [5, 5.41) is 22.4. The Kier molecular flexibility index (Phi) is 5.09. The lowest BCUT2D eigenvalue weighted by Gasteiger charge is -2.45. The first kappa shape index (κ1) is 22.4. The highest BCUT2D eigenvalue weighted by atomic mass is 16.9. The van der Waals surface area contributed by atoms with E-state index in [0.717, 1.165) is 0 Å².